The van der Waals surface area contributed by atoms with Crippen LogP contribution in [0, 0.1) is 0 Å². The molecular weight excluding hydrogens is 346 g/mol. The molecule has 0 spiro atoms. The minimum atomic E-state index is -0.177. The van der Waals surface area contributed by atoms with Gasteiger partial charge in [0.15, 0.2) is 5.16 Å². The first kappa shape index (κ1) is 20.8. The Labute approximate surface area is 160 Å². The molecule has 5 nitrogen and oxygen atoms in total. The van der Waals surface area contributed by atoms with Crippen LogP contribution in [0.3, 0.4) is 0 Å². The third-order valence-corrected chi connectivity index (χ3v) is 5.42. The van der Waals surface area contributed by atoms with Crippen molar-refractivity contribution in [1.82, 2.24) is 14.9 Å². The number of benzene rings is 1. The summed E-state index contributed by atoms with van der Waals surface area (Å²) in [6, 6.07) is 8.21. The first-order valence-electron chi connectivity index (χ1n) is 9.56. The van der Waals surface area contributed by atoms with Gasteiger partial charge in [-0.15, -0.1) is 0 Å². The van der Waals surface area contributed by atoms with Crippen LogP contribution < -0.4 is 5.32 Å². The Morgan fingerprint density at radius 1 is 1.27 bits per heavy atom. The fourth-order valence-corrected chi connectivity index (χ4v) is 3.81. The van der Waals surface area contributed by atoms with Gasteiger partial charge in [0, 0.05) is 26.8 Å². The smallest absolute Gasteiger partial charge is 0.233 e. The molecule has 0 saturated carbocycles. The van der Waals surface area contributed by atoms with Crippen molar-refractivity contribution in [2.45, 2.75) is 62.9 Å². The number of fused-ring (bicyclic) bond motifs is 1. The van der Waals surface area contributed by atoms with Crippen molar-refractivity contribution in [1.29, 1.82) is 0 Å². The average molecular weight is 378 g/mol. The van der Waals surface area contributed by atoms with E-state index in [1.54, 1.807) is 18.9 Å². The number of aromatic nitrogens is 2. The highest BCUT2D eigenvalue weighted by Gasteiger charge is 2.19. The highest BCUT2D eigenvalue weighted by molar-refractivity contribution is 8.00. The van der Waals surface area contributed by atoms with Gasteiger partial charge >= 0.3 is 0 Å². The van der Waals surface area contributed by atoms with E-state index in [0.717, 1.165) is 35.6 Å². The molecule has 1 heterocycles. The fourth-order valence-electron chi connectivity index (χ4n) is 2.84. The van der Waals surface area contributed by atoms with Gasteiger partial charge in [0.1, 0.15) is 0 Å². The second kappa shape index (κ2) is 11.2. The molecule has 0 aliphatic heterocycles. The van der Waals surface area contributed by atoms with Crippen LogP contribution in [0.4, 0.5) is 0 Å². The van der Waals surface area contributed by atoms with Gasteiger partial charge < -0.3 is 14.6 Å². The molecule has 1 unspecified atom stereocenters. The molecule has 0 saturated heterocycles. The molecular formula is C20H31N3O2S. The number of amides is 1. The summed E-state index contributed by atoms with van der Waals surface area (Å²) in [6.07, 6.45) is 5.68. The zero-order valence-corrected chi connectivity index (χ0v) is 17.0. The molecule has 1 atom stereocenters. The molecule has 1 N–H and O–H groups in total. The summed E-state index contributed by atoms with van der Waals surface area (Å²) in [5.41, 5.74) is 2.15. The van der Waals surface area contributed by atoms with Crippen molar-refractivity contribution < 1.29 is 9.53 Å². The third kappa shape index (κ3) is 6.02. The molecule has 0 aliphatic rings. The monoisotopic (exact) mass is 377 g/mol. The van der Waals surface area contributed by atoms with Gasteiger partial charge in [0.05, 0.1) is 16.3 Å². The Kier molecular flexibility index (Phi) is 8.98. The molecule has 26 heavy (non-hydrogen) atoms. The second-order valence-electron chi connectivity index (χ2n) is 6.49. The Morgan fingerprint density at radius 3 is 2.85 bits per heavy atom. The standard InChI is InChI=1S/C20H31N3O2S/c1-4-5-6-9-14-23-18-12-8-7-11-17(18)22-20(23)26-16(2)19(24)21-13-10-15-25-3/h7-8,11-12,16H,4-6,9-10,13-15H2,1-3H3,(H,21,24). The topological polar surface area (TPSA) is 56.2 Å². The fraction of sp³-hybridized carbons (Fsp3) is 0.600. The predicted molar refractivity (Wildman–Crippen MR) is 109 cm³/mol. The van der Waals surface area contributed by atoms with E-state index < -0.39 is 0 Å². The maximum Gasteiger partial charge on any atom is 0.233 e. The number of unbranched alkanes of at least 4 members (excludes halogenated alkanes) is 3. The van der Waals surface area contributed by atoms with Crippen molar-refractivity contribution in [2.75, 3.05) is 20.3 Å². The van der Waals surface area contributed by atoms with Crippen LogP contribution in [0.1, 0.15) is 46.0 Å². The minimum Gasteiger partial charge on any atom is -0.385 e. The largest absolute Gasteiger partial charge is 0.385 e. The third-order valence-electron chi connectivity index (χ3n) is 4.33. The van der Waals surface area contributed by atoms with Crippen LogP contribution in [0.2, 0.25) is 0 Å². The van der Waals surface area contributed by atoms with Crippen LogP contribution >= 0.6 is 11.8 Å². The number of rotatable bonds is 12. The summed E-state index contributed by atoms with van der Waals surface area (Å²) in [5, 5.41) is 3.73. The Bertz CT molecular complexity index is 687. The number of carbonyl (C=O) groups is 1. The lowest BCUT2D eigenvalue weighted by atomic mass is 10.2. The number of imidazole rings is 1. The SMILES string of the molecule is CCCCCCn1c(SC(C)C(=O)NCCCOC)nc2ccccc21. The van der Waals surface area contributed by atoms with Gasteiger partial charge in [0.25, 0.3) is 0 Å². The van der Waals surface area contributed by atoms with Gasteiger partial charge in [0.2, 0.25) is 5.91 Å². The number of aryl methyl sites for hydroxylation is 1. The number of methoxy groups -OCH3 is 1. The van der Waals surface area contributed by atoms with E-state index in [4.69, 9.17) is 9.72 Å². The highest BCUT2D eigenvalue weighted by atomic mass is 32.2. The zero-order chi connectivity index (χ0) is 18.8. The summed E-state index contributed by atoms with van der Waals surface area (Å²) >= 11 is 1.54. The van der Waals surface area contributed by atoms with E-state index in [1.807, 2.05) is 25.1 Å². The Balaban J connectivity index is 2.03. The molecule has 0 fully saturated rings. The number of nitrogens with one attached hydrogen (secondary N) is 1. The summed E-state index contributed by atoms with van der Waals surface area (Å²) in [5.74, 6) is 0.0516. The van der Waals surface area contributed by atoms with Gasteiger partial charge in [-0.3, -0.25) is 4.79 Å². The molecule has 2 rings (SSSR count). The van der Waals surface area contributed by atoms with E-state index in [1.165, 1.54) is 19.3 Å². The second-order valence-corrected chi connectivity index (χ2v) is 7.80. The Hall–Kier alpha value is -1.53. The van der Waals surface area contributed by atoms with E-state index in [-0.39, 0.29) is 11.2 Å². The number of thioether (sulfide) groups is 1. The van der Waals surface area contributed by atoms with Gasteiger partial charge in [-0.1, -0.05) is 50.1 Å². The number of hydrogen-bond acceptors (Lipinski definition) is 4. The zero-order valence-electron chi connectivity index (χ0n) is 16.2. The summed E-state index contributed by atoms with van der Waals surface area (Å²) < 4.78 is 7.28. The quantitative estimate of drug-likeness (QED) is 0.444. The van der Waals surface area contributed by atoms with E-state index in [0.29, 0.717) is 13.2 Å². The highest BCUT2D eigenvalue weighted by Crippen LogP contribution is 2.28. The number of para-hydroxylation sites is 2. The van der Waals surface area contributed by atoms with Crippen molar-refractivity contribution in [2.24, 2.45) is 0 Å². The average Bonchev–Trinajstić information content (AvgIpc) is 2.99. The van der Waals surface area contributed by atoms with Crippen LogP contribution in [-0.2, 0) is 16.1 Å². The molecule has 0 radical (unpaired) electrons. The van der Waals surface area contributed by atoms with Gasteiger partial charge in [-0.05, 0) is 31.9 Å². The number of ether oxygens (including phenoxy) is 1. The summed E-state index contributed by atoms with van der Waals surface area (Å²) in [6.45, 7) is 6.42. The van der Waals surface area contributed by atoms with E-state index >= 15 is 0 Å². The summed E-state index contributed by atoms with van der Waals surface area (Å²) in [4.78, 5) is 17.1. The van der Waals surface area contributed by atoms with E-state index in [2.05, 4.69) is 22.9 Å². The normalized spacial score (nSPS) is 12.4. The number of hydrogen-bond donors (Lipinski definition) is 1. The van der Waals surface area contributed by atoms with Crippen molar-refractivity contribution in [3.63, 3.8) is 0 Å². The maximum atomic E-state index is 12.3. The lowest BCUT2D eigenvalue weighted by molar-refractivity contribution is -0.120. The summed E-state index contributed by atoms with van der Waals surface area (Å²) in [7, 11) is 1.67. The molecule has 1 aromatic carbocycles. The number of carbonyl (C=O) groups excluding carboxylic acids is 1. The Morgan fingerprint density at radius 2 is 2.08 bits per heavy atom. The van der Waals surface area contributed by atoms with Crippen molar-refractivity contribution in [3.05, 3.63) is 24.3 Å². The molecule has 1 amide bonds. The van der Waals surface area contributed by atoms with Crippen molar-refractivity contribution >= 4 is 28.7 Å². The molecule has 0 bridgehead atoms. The molecule has 1 aromatic heterocycles. The van der Waals surface area contributed by atoms with Crippen molar-refractivity contribution in [3.8, 4) is 0 Å². The van der Waals surface area contributed by atoms with Crippen LogP contribution in [0.15, 0.2) is 29.4 Å². The maximum absolute atomic E-state index is 12.3. The lowest BCUT2D eigenvalue weighted by Crippen LogP contribution is -2.32. The molecule has 144 valence electrons. The van der Waals surface area contributed by atoms with Crippen LogP contribution in [0.25, 0.3) is 11.0 Å². The first-order valence-corrected chi connectivity index (χ1v) is 10.4. The van der Waals surface area contributed by atoms with Crippen LogP contribution in [-0.4, -0.2) is 41.0 Å². The molecule has 0 aliphatic carbocycles. The molecule has 2 aromatic rings. The van der Waals surface area contributed by atoms with E-state index in [9.17, 15) is 4.79 Å². The van der Waals surface area contributed by atoms with Gasteiger partial charge in [-0.2, -0.15) is 0 Å². The number of nitrogens with zero attached hydrogens (tertiary/aromatic N) is 2. The lowest BCUT2D eigenvalue weighted by Gasteiger charge is -2.13. The van der Waals surface area contributed by atoms with Crippen LogP contribution in [0.5, 0.6) is 0 Å². The minimum absolute atomic E-state index is 0.0516. The predicted octanol–water partition coefficient (Wildman–Crippen LogP) is 4.25. The van der Waals surface area contributed by atoms with Gasteiger partial charge in [-0.25, -0.2) is 4.98 Å². The first-order chi connectivity index (χ1) is 12.7. The molecule has 6 heteroatoms.